The molecule has 0 radical (unpaired) electrons. The second kappa shape index (κ2) is 13.5. The second-order valence-electron chi connectivity index (χ2n) is 20.4. The van der Waals surface area contributed by atoms with E-state index in [-0.39, 0.29) is 38.9 Å². The Bertz CT molecular complexity index is 1300. The Labute approximate surface area is 299 Å². The van der Waals surface area contributed by atoms with Gasteiger partial charge in [0.25, 0.3) is 0 Å². The normalized spacial score (nSPS) is 26.1. The molecule has 1 aromatic carbocycles. The molecule has 2 heterocycles. The number of likely N-dealkylation sites (tertiary alicyclic amines) is 2. The van der Waals surface area contributed by atoms with E-state index < -0.39 is 24.0 Å². The molecule has 7 nitrogen and oxygen atoms in total. The summed E-state index contributed by atoms with van der Waals surface area (Å²) in [5, 5.41) is 21.1. The smallest absolute Gasteiger partial charge is 0.317 e. The summed E-state index contributed by atoms with van der Waals surface area (Å²) in [5.74, 6) is -0.759. The largest absolute Gasteiger partial charge is 0.507 e. The molecule has 3 atom stereocenters. The number of carboxylic acids is 1. The highest BCUT2D eigenvalue weighted by Crippen LogP contribution is 2.54. The highest BCUT2D eigenvalue weighted by Gasteiger charge is 2.56. The Morgan fingerprint density at radius 3 is 1.53 bits per heavy atom. The quantitative estimate of drug-likeness (QED) is 0.198. The lowest BCUT2D eigenvalue weighted by atomic mass is 9.56. The Morgan fingerprint density at radius 2 is 1.18 bits per heavy atom. The van der Waals surface area contributed by atoms with E-state index in [1.54, 1.807) is 0 Å². The summed E-state index contributed by atoms with van der Waals surface area (Å²) in [7, 11) is 4.52. The second-order valence-corrected chi connectivity index (χ2v) is 20.4. The molecule has 2 saturated heterocycles. The van der Waals surface area contributed by atoms with Crippen LogP contribution in [0.1, 0.15) is 159 Å². The van der Waals surface area contributed by atoms with Gasteiger partial charge in [0, 0.05) is 28.6 Å². The third kappa shape index (κ3) is 8.68. The van der Waals surface area contributed by atoms with E-state index in [1.165, 1.54) is 0 Å². The first-order chi connectivity index (χ1) is 21.9. The van der Waals surface area contributed by atoms with Crippen LogP contribution in [0.2, 0.25) is 0 Å². The van der Waals surface area contributed by atoms with Crippen molar-refractivity contribution in [2.75, 3.05) is 14.1 Å². The number of phenolic OH excluding ortho intramolecular Hbond substituents is 1. The SMILES string of the molecule is CN1C(C)(C)CCC(C(CC(C)(Cc2cc(C(C)(C)C)c(O)c(C(C)(C)C)c2)OC(=O)CC(=O)O)C2CCC(C)(C)N(C)C2(C)C)C1(C)C. The van der Waals surface area contributed by atoms with Gasteiger partial charge in [0.05, 0.1) is 0 Å². The van der Waals surface area contributed by atoms with Crippen LogP contribution in [0.15, 0.2) is 12.1 Å². The molecule has 0 bridgehead atoms. The lowest BCUT2D eigenvalue weighted by Gasteiger charge is -2.62. The van der Waals surface area contributed by atoms with Crippen LogP contribution in [0.3, 0.4) is 0 Å². The molecule has 280 valence electrons. The van der Waals surface area contributed by atoms with Gasteiger partial charge in [-0.05, 0) is 154 Å². The molecule has 2 N–H and O–H groups in total. The van der Waals surface area contributed by atoms with Crippen LogP contribution in [0.5, 0.6) is 5.75 Å². The minimum atomic E-state index is -1.19. The molecule has 7 heteroatoms. The first-order valence-corrected chi connectivity index (χ1v) is 18.7. The van der Waals surface area contributed by atoms with Crippen LogP contribution in [-0.4, -0.2) is 73.8 Å². The molecule has 2 fully saturated rings. The molecule has 0 aliphatic carbocycles. The fraction of sp³-hybridized carbons (Fsp3) is 0.810. The van der Waals surface area contributed by atoms with Crippen molar-refractivity contribution in [3.05, 3.63) is 28.8 Å². The first-order valence-electron chi connectivity index (χ1n) is 18.7. The molecular weight excluding hydrogens is 612 g/mol. The minimum absolute atomic E-state index is 0.0570. The number of carboxylic acid groups (broad SMARTS) is 1. The third-order valence-electron chi connectivity index (χ3n) is 13.2. The van der Waals surface area contributed by atoms with Gasteiger partial charge in [-0.1, -0.05) is 53.7 Å². The number of carbonyl (C=O) groups excluding carboxylic acids is 1. The van der Waals surface area contributed by atoms with Crippen molar-refractivity contribution in [1.82, 2.24) is 9.80 Å². The van der Waals surface area contributed by atoms with E-state index in [4.69, 9.17) is 4.74 Å². The van der Waals surface area contributed by atoms with Gasteiger partial charge in [0.1, 0.15) is 17.8 Å². The monoisotopic (exact) mass is 685 g/mol. The van der Waals surface area contributed by atoms with Crippen molar-refractivity contribution in [1.29, 1.82) is 0 Å². The van der Waals surface area contributed by atoms with Crippen molar-refractivity contribution in [3.63, 3.8) is 0 Å². The molecule has 2 aliphatic rings. The maximum absolute atomic E-state index is 13.4. The van der Waals surface area contributed by atoms with Gasteiger partial charge in [-0.15, -0.1) is 0 Å². The topological polar surface area (TPSA) is 90.3 Å². The maximum Gasteiger partial charge on any atom is 0.317 e. The summed E-state index contributed by atoms with van der Waals surface area (Å²) in [4.78, 5) is 30.2. The van der Waals surface area contributed by atoms with E-state index in [1.807, 2.05) is 6.92 Å². The molecular formula is C42H72N2O5. The predicted molar refractivity (Wildman–Crippen MR) is 201 cm³/mol. The van der Waals surface area contributed by atoms with Gasteiger partial charge in [0.15, 0.2) is 0 Å². The molecule has 0 spiro atoms. The number of phenols is 1. The summed E-state index contributed by atoms with van der Waals surface area (Å²) < 4.78 is 6.41. The molecule has 49 heavy (non-hydrogen) atoms. The van der Waals surface area contributed by atoms with Crippen LogP contribution in [0.4, 0.5) is 0 Å². The Balaban J connectivity index is 2.27. The molecule has 1 aromatic rings. The highest BCUT2D eigenvalue weighted by molar-refractivity contribution is 5.90. The number of aromatic hydroxyl groups is 1. The van der Waals surface area contributed by atoms with Crippen molar-refractivity contribution in [2.45, 2.75) is 187 Å². The molecule has 0 amide bonds. The number of rotatable bonds is 9. The van der Waals surface area contributed by atoms with Crippen LogP contribution >= 0.6 is 0 Å². The molecule has 3 rings (SSSR count). The average Bonchev–Trinajstić information content (AvgIpc) is 2.89. The number of piperidine rings is 2. The van der Waals surface area contributed by atoms with Gasteiger partial charge in [-0.25, -0.2) is 0 Å². The lowest BCUT2D eigenvalue weighted by molar-refractivity contribution is -0.169. The minimum Gasteiger partial charge on any atom is -0.507 e. The lowest BCUT2D eigenvalue weighted by Crippen LogP contribution is -2.66. The van der Waals surface area contributed by atoms with Crippen LogP contribution in [0.25, 0.3) is 0 Å². The zero-order valence-corrected chi connectivity index (χ0v) is 34.4. The summed E-state index contributed by atoms with van der Waals surface area (Å²) in [6.45, 7) is 33.5. The van der Waals surface area contributed by atoms with Crippen LogP contribution in [0, 0.1) is 17.8 Å². The van der Waals surface area contributed by atoms with E-state index in [0.29, 0.717) is 30.4 Å². The summed E-state index contributed by atoms with van der Waals surface area (Å²) >= 11 is 0. The Morgan fingerprint density at radius 1 is 0.796 bits per heavy atom. The number of hydrogen-bond acceptors (Lipinski definition) is 6. The van der Waals surface area contributed by atoms with Crippen molar-refractivity contribution in [2.24, 2.45) is 17.8 Å². The summed E-state index contributed by atoms with van der Waals surface area (Å²) in [6.07, 6.45) is 4.63. The average molecular weight is 685 g/mol. The molecule has 0 saturated carbocycles. The number of ether oxygens (including phenoxy) is 1. The number of hydrogen-bond donors (Lipinski definition) is 2. The van der Waals surface area contributed by atoms with E-state index in [2.05, 4.69) is 133 Å². The van der Waals surface area contributed by atoms with Crippen LogP contribution in [-0.2, 0) is 31.6 Å². The zero-order valence-electron chi connectivity index (χ0n) is 34.4. The first kappa shape index (κ1) is 41.3. The predicted octanol–water partition coefficient (Wildman–Crippen LogP) is 9.11. The number of aliphatic carboxylic acids is 1. The number of carbonyl (C=O) groups is 2. The van der Waals surface area contributed by atoms with Crippen LogP contribution < -0.4 is 0 Å². The fourth-order valence-corrected chi connectivity index (χ4v) is 9.61. The number of nitrogens with zero attached hydrogens (tertiary/aromatic N) is 2. The van der Waals surface area contributed by atoms with Gasteiger partial charge < -0.3 is 14.9 Å². The molecule has 0 aromatic heterocycles. The Kier molecular flexibility index (Phi) is 11.3. The van der Waals surface area contributed by atoms with E-state index >= 15 is 0 Å². The maximum atomic E-state index is 13.4. The molecule has 2 aliphatic heterocycles. The number of benzene rings is 1. The van der Waals surface area contributed by atoms with Crippen molar-refractivity contribution < 1.29 is 24.5 Å². The zero-order chi connectivity index (χ0) is 37.9. The van der Waals surface area contributed by atoms with Gasteiger partial charge in [0.2, 0.25) is 0 Å². The Hall–Kier alpha value is -2.12. The fourth-order valence-electron chi connectivity index (χ4n) is 9.61. The number of esters is 1. The van der Waals surface area contributed by atoms with Gasteiger partial charge in [-0.2, -0.15) is 0 Å². The van der Waals surface area contributed by atoms with Crippen molar-refractivity contribution >= 4 is 11.9 Å². The standard InChI is InChI=1S/C42H72N2O5/c1-36(2,3)31-22-27(23-32(35(31)48)37(4,5)6)25-42(15,49-34(47)24-33(45)46)26-28(29-18-20-38(7,8)43(16)40(29,11)12)30-19-21-39(9,10)44(17)41(30,13)14/h22-23,28-30,48H,18-21,24-26H2,1-17H3,(H,45,46). The molecule has 3 unspecified atom stereocenters. The van der Waals surface area contributed by atoms with Crippen molar-refractivity contribution in [3.8, 4) is 5.75 Å². The third-order valence-corrected chi connectivity index (χ3v) is 13.2. The van der Waals surface area contributed by atoms with Gasteiger partial charge >= 0.3 is 11.9 Å². The highest BCUT2D eigenvalue weighted by atomic mass is 16.6. The van der Waals surface area contributed by atoms with Gasteiger partial charge in [-0.3, -0.25) is 19.4 Å². The summed E-state index contributed by atoms with van der Waals surface area (Å²) in [5.41, 5.74) is 0.956. The van der Waals surface area contributed by atoms with E-state index in [9.17, 15) is 19.8 Å². The van der Waals surface area contributed by atoms with E-state index in [0.717, 1.165) is 42.4 Å². The summed E-state index contributed by atoms with van der Waals surface area (Å²) in [6, 6.07) is 4.15.